The van der Waals surface area contributed by atoms with E-state index in [9.17, 15) is 17.6 Å². The van der Waals surface area contributed by atoms with Crippen LogP contribution < -0.4 is 10.2 Å². The Morgan fingerprint density at radius 3 is 2.52 bits per heavy atom. The van der Waals surface area contributed by atoms with Gasteiger partial charge in [-0.15, -0.1) is 0 Å². The highest BCUT2D eigenvalue weighted by atomic mass is 35.5. The van der Waals surface area contributed by atoms with E-state index in [-0.39, 0.29) is 28.6 Å². The van der Waals surface area contributed by atoms with Crippen LogP contribution in [0.2, 0.25) is 5.02 Å². The van der Waals surface area contributed by atoms with E-state index in [4.69, 9.17) is 16.3 Å². The van der Waals surface area contributed by atoms with Gasteiger partial charge in [-0.1, -0.05) is 17.7 Å². The van der Waals surface area contributed by atoms with E-state index in [1.807, 2.05) is 0 Å². The summed E-state index contributed by atoms with van der Waals surface area (Å²) in [6.45, 7) is 2.89. The number of hydrogen-bond acceptors (Lipinski definition) is 5. The van der Waals surface area contributed by atoms with E-state index in [1.54, 1.807) is 12.1 Å². The fourth-order valence-corrected chi connectivity index (χ4v) is 5.61. The number of nitrogens with one attached hydrogen (secondary N) is 1. The molecule has 1 amide bonds. The second kappa shape index (κ2) is 10.2. The average Bonchev–Trinajstić information content (AvgIpc) is 3.34. The Kier molecular flexibility index (Phi) is 7.33. The average molecular weight is 494 g/mol. The van der Waals surface area contributed by atoms with Gasteiger partial charge >= 0.3 is 0 Å². The molecule has 10 heteroatoms. The number of anilines is 2. The van der Waals surface area contributed by atoms with Crippen LogP contribution in [-0.2, 0) is 19.6 Å². The molecule has 0 atom stereocenters. The molecule has 2 aromatic carbocycles. The molecule has 0 bridgehead atoms. The van der Waals surface area contributed by atoms with Gasteiger partial charge in [0.15, 0.2) is 0 Å². The van der Waals surface area contributed by atoms with Crippen molar-refractivity contribution in [3.8, 4) is 0 Å². The number of sulfonamides is 1. The van der Waals surface area contributed by atoms with Crippen LogP contribution in [0.1, 0.15) is 18.4 Å². The first kappa shape index (κ1) is 23.7. The molecule has 0 spiro atoms. The number of carbonyl (C=O) groups excluding carboxylic acids is 1. The van der Waals surface area contributed by atoms with Gasteiger partial charge < -0.3 is 15.0 Å². The summed E-state index contributed by atoms with van der Waals surface area (Å²) >= 11 is 6.02. The molecule has 0 aromatic heterocycles. The van der Waals surface area contributed by atoms with Gasteiger partial charge in [0, 0.05) is 37.8 Å². The Labute approximate surface area is 197 Å². The van der Waals surface area contributed by atoms with Crippen LogP contribution in [-0.4, -0.2) is 58.0 Å². The first-order valence-electron chi connectivity index (χ1n) is 10.8. The number of benzene rings is 2. The van der Waals surface area contributed by atoms with Crippen LogP contribution in [0.25, 0.3) is 6.08 Å². The van der Waals surface area contributed by atoms with E-state index in [0.29, 0.717) is 18.9 Å². The van der Waals surface area contributed by atoms with E-state index in [0.717, 1.165) is 31.6 Å². The second-order valence-electron chi connectivity index (χ2n) is 7.85. The van der Waals surface area contributed by atoms with Crippen molar-refractivity contribution in [2.45, 2.75) is 17.7 Å². The largest absolute Gasteiger partial charge is 0.379 e. The van der Waals surface area contributed by atoms with Gasteiger partial charge in [-0.05, 0) is 49.2 Å². The lowest BCUT2D eigenvalue weighted by Crippen LogP contribution is -2.40. The minimum Gasteiger partial charge on any atom is -0.379 e. The molecular weight excluding hydrogens is 469 g/mol. The second-order valence-corrected chi connectivity index (χ2v) is 10.2. The van der Waals surface area contributed by atoms with Crippen LogP contribution >= 0.6 is 11.6 Å². The van der Waals surface area contributed by atoms with Crippen molar-refractivity contribution in [1.29, 1.82) is 0 Å². The summed E-state index contributed by atoms with van der Waals surface area (Å²) in [4.78, 5) is 14.9. The summed E-state index contributed by atoms with van der Waals surface area (Å²) in [5, 5.41) is 2.96. The molecule has 176 valence electrons. The number of rotatable bonds is 6. The summed E-state index contributed by atoms with van der Waals surface area (Å²) in [7, 11) is -3.73. The summed E-state index contributed by atoms with van der Waals surface area (Å²) < 4.78 is 46.9. The number of hydrogen-bond donors (Lipinski definition) is 1. The van der Waals surface area contributed by atoms with Crippen molar-refractivity contribution in [1.82, 2.24) is 4.31 Å². The third-order valence-corrected chi connectivity index (χ3v) is 7.91. The zero-order valence-corrected chi connectivity index (χ0v) is 19.5. The lowest BCUT2D eigenvalue weighted by atomic mass is 10.2. The van der Waals surface area contributed by atoms with Crippen LogP contribution in [0.3, 0.4) is 0 Å². The Morgan fingerprint density at radius 1 is 1.09 bits per heavy atom. The highest BCUT2D eigenvalue weighted by Gasteiger charge is 2.28. The van der Waals surface area contributed by atoms with E-state index in [1.165, 1.54) is 40.7 Å². The summed E-state index contributed by atoms with van der Waals surface area (Å²) in [5.41, 5.74) is 1.25. The number of amides is 1. The van der Waals surface area contributed by atoms with E-state index in [2.05, 4.69) is 10.2 Å². The first-order chi connectivity index (χ1) is 15.9. The van der Waals surface area contributed by atoms with Gasteiger partial charge in [0.25, 0.3) is 0 Å². The third-order valence-electron chi connectivity index (χ3n) is 5.68. The summed E-state index contributed by atoms with van der Waals surface area (Å²) in [6.07, 6.45) is 4.53. The zero-order chi connectivity index (χ0) is 23.4. The third kappa shape index (κ3) is 5.38. The van der Waals surface area contributed by atoms with Gasteiger partial charge in [0.05, 0.1) is 34.5 Å². The van der Waals surface area contributed by atoms with Gasteiger partial charge in [0.1, 0.15) is 5.82 Å². The number of nitrogens with zero attached hydrogens (tertiary/aromatic N) is 2. The molecule has 2 fully saturated rings. The fourth-order valence-electron chi connectivity index (χ4n) is 3.95. The Balaban J connectivity index is 1.62. The minimum absolute atomic E-state index is 0.101. The highest BCUT2D eigenvalue weighted by molar-refractivity contribution is 7.89. The van der Waals surface area contributed by atoms with Crippen molar-refractivity contribution < 1.29 is 22.3 Å². The normalized spacial score (nSPS) is 17.6. The van der Waals surface area contributed by atoms with Gasteiger partial charge in [-0.25, -0.2) is 12.8 Å². The lowest BCUT2D eigenvalue weighted by Gasteiger charge is -2.27. The maximum absolute atomic E-state index is 14.0. The number of ether oxygens (including phenoxy) is 1. The highest BCUT2D eigenvalue weighted by Crippen LogP contribution is 2.32. The standard InChI is InChI=1S/C23H25ClFN3O4S/c24-19-4-3-5-20(25)18(19)7-9-23(29)26-21-16-17(6-8-22(21)27-10-1-2-11-27)33(30,31)28-12-14-32-15-13-28/h3-9,16H,1-2,10-15H2,(H,26,29)/b9-7+. The number of carbonyl (C=O) groups is 1. The molecule has 0 radical (unpaired) electrons. The van der Waals surface area contributed by atoms with Crippen molar-refractivity contribution in [2.24, 2.45) is 0 Å². The lowest BCUT2D eigenvalue weighted by molar-refractivity contribution is -0.111. The fraction of sp³-hybridized carbons (Fsp3) is 0.348. The maximum Gasteiger partial charge on any atom is 0.248 e. The monoisotopic (exact) mass is 493 g/mol. The quantitative estimate of drug-likeness (QED) is 0.620. The van der Waals surface area contributed by atoms with Crippen LogP contribution in [0.5, 0.6) is 0 Å². The molecule has 1 N–H and O–H groups in total. The summed E-state index contributed by atoms with van der Waals surface area (Å²) in [6, 6.07) is 9.06. The minimum atomic E-state index is -3.73. The Bertz CT molecular complexity index is 1140. The number of morpholine rings is 1. The van der Waals surface area contributed by atoms with Gasteiger partial charge in [-0.3, -0.25) is 4.79 Å². The molecule has 2 heterocycles. The summed E-state index contributed by atoms with van der Waals surface area (Å²) in [5.74, 6) is -1.06. The predicted molar refractivity (Wildman–Crippen MR) is 127 cm³/mol. The Hall–Kier alpha value is -2.46. The molecule has 0 aliphatic carbocycles. The molecule has 33 heavy (non-hydrogen) atoms. The number of halogens is 2. The molecule has 2 aliphatic heterocycles. The molecule has 0 unspecified atom stereocenters. The topological polar surface area (TPSA) is 79.0 Å². The van der Waals surface area contributed by atoms with E-state index < -0.39 is 21.7 Å². The predicted octanol–water partition coefficient (Wildman–Crippen LogP) is 3.75. The molecule has 2 aliphatic rings. The Morgan fingerprint density at radius 2 is 1.82 bits per heavy atom. The molecule has 0 saturated carbocycles. The van der Waals surface area contributed by atoms with Crippen LogP contribution in [0, 0.1) is 5.82 Å². The van der Waals surface area contributed by atoms with E-state index >= 15 is 0 Å². The van der Waals surface area contributed by atoms with Crippen LogP contribution in [0.4, 0.5) is 15.8 Å². The SMILES string of the molecule is O=C(/C=C/c1c(F)cccc1Cl)Nc1cc(S(=O)(=O)N2CCOCC2)ccc1N1CCCC1. The first-order valence-corrected chi connectivity index (χ1v) is 12.6. The van der Waals surface area contributed by atoms with Crippen LogP contribution in [0.15, 0.2) is 47.4 Å². The van der Waals surface area contributed by atoms with Crippen molar-refractivity contribution in [3.05, 3.63) is 58.9 Å². The van der Waals surface area contributed by atoms with Gasteiger partial charge in [0.2, 0.25) is 15.9 Å². The van der Waals surface area contributed by atoms with Gasteiger partial charge in [-0.2, -0.15) is 4.31 Å². The zero-order valence-electron chi connectivity index (χ0n) is 18.0. The molecule has 2 saturated heterocycles. The van der Waals surface area contributed by atoms with Crippen molar-refractivity contribution >= 4 is 45.0 Å². The molecule has 7 nitrogen and oxygen atoms in total. The van der Waals surface area contributed by atoms with Crippen molar-refractivity contribution in [3.63, 3.8) is 0 Å². The molecular formula is C23H25ClFN3O4S. The van der Waals surface area contributed by atoms with Crippen molar-refractivity contribution in [2.75, 3.05) is 49.6 Å². The molecule has 4 rings (SSSR count). The smallest absolute Gasteiger partial charge is 0.248 e. The molecule has 2 aromatic rings. The maximum atomic E-state index is 14.0.